The van der Waals surface area contributed by atoms with Gasteiger partial charge in [-0.1, -0.05) is 153 Å². The molecule has 0 N–H and O–H groups in total. The second-order valence-electron chi connectivity index (χ2n) is 14.7. The molecule has 288 valence electrons. The standard InChI is InChI=1S/C50H58O5/c1-4-17-46-48(52-35-41-19-9-6-10-20-41)50(54-37-43-23-13-8-14-24-43)49(53-36-42-21-11-7-12-22-42)47(55-46)44-30-25-38(3)45(34-44)33-40-28-26-39(27-29-40)18-15-16-32-51-31-5-2/h5-14,19-30,34,46-50H,2,4,15-18,31-33,35-37H2,1,3H3/t46-,47+,48-,49+,50+/m1/s1. The van der Waals surface area contributed by atoms with Crippen LogP contribution in [-0.2, 0) is 56.3 Å². The quantitative estimate of drug-likeness (QED) is 0.0554. The van der Waals surface area contributed by atoms with Crippen LogP contribution in [0.4, 0.5) is 0 Å². The normalized spacial score (nSPS) is 19.6. The molecule has 1 aliphatic heterocycles. The maximum absolute atomic E-state index is 7.18. The van der Waals surface area contributed by atoms with E-state index in [-0.39, 0.29) is 24.4 Å². The van der Waals surface area contributed by atoms with Crippen molar-refractivity contribution in [2.24, 2.45) is 0 Å². The molecule has 5 atom stereocenters. The first-order chi connectivity index (χ1) is 27.1. The molecule has 55 heavy (non-hydrogen) atoms. The van der Waals surface area contributed by atoms with Gasteiger partial charge in [-0.05, 0) is 83.5 Å². The van der Waals surface area contributed by atoms with E-state index in [2.05, 4.69) is 136 Å². The van der Waals surface area contributed by atoms with Crippen molar-refractivity contribution in [3.63, 3.8) is 0 Å². The van der Waals surface area contributed by atoms with Gasteiger partial charge in [0.25, 0.3) is 0 Å². The van der Waals surface area contributed by atoms with Crippen molar-refractivity contribution >= 4 is 0 Å². The maximum Gasteiger partial charge on any atom is 0.117 e. The van der Waals surface area contributed by atoms with E-state index in [0.717, 1.165) is 67.4 Å². The Balaban J connectivity index is 1.27. The molecule has 0 amide bonds. The molecule has 1 aliphatic rings. The van der Waals surface area contributed by atoms with Crippen molar-refractivity contribution < 1.29 is 23.7 Å². The molecule has 5 nitrogen and oxygen atoms in total. The Morgan fingerprint density at radius 2 is 1.18 bits per heavy atom. The molecule has 5 aromatic carbocycles. The summed E-state index contributed by atoms with van der Waals surface area (Å²) >= 11 is 0. The van der Waals surface area contributed by atoms with Crippen LogP contribution >= 0.6 is 0 Å². The van der Waals surface area contributed by atoms with Gasteiger partial charge in [0.1, 0.15) is 24.4 Å². The molecule has 0 bridgehead atoms. The summed E-state index contributed by atoms with van der Waals surface area (Å²) in [5.41, 5.74) is 9.64. The zero-order chi connectivity index (χ0) is 38.1. The minimum absolute atomic E-state index is 0.179. The van der Waals surface area contributed by atoms with Crippen LogP contribution in [-0.4, -0.2) is 37.6 Å². The highest BCUT2D eigenvalue weighted by Crippen LogP contribution is 2.40. The lowest BCUT2D eigenvalue weighted by Gasteiger charge is -2.47. The lowest BCUT2D eigenvalue weighted by molar-refractivity contribution is -0.268. The Labute approximate surface area is 329 Å². The van der Waals surface area contributed by atoms with Gasteiger partial charge in [0, 0.05) is 6.61 Å². The first kappa shape index (κ1) is 40.3. The summed E-state index contributed by atoms with van der Waals surface area (Å²) in [5, 5.41) is 0. The summed E-state index contributed by atoms with van der Waals surface area (Å²) in [7, 11) is 0. The zero-order valence-electron chi connectivity index (χ0n) is 32.7. The van der Waals surface area contributed by atoms with Crippen molar-refractivity contribution in [1.82, 2.24) is 0 Å². The Morgan fingerprint density at radius 3 is 1.76 bits per heavy atom. The van der Waals surface area contributed by atoms with Crippen molar-refractivity contribution in [2.75, 3.05) is 13.2 Å². The van der Waals surface area contributed by atoms with Gasteiger partial charge in [0.05, 0.1) is 32.5 Å². The van der Waals surface area contributed by atoms with Gasteiger partial charge in [-0.25, -0.2) is 0 Å². The number of hydrogen-bond donors (Lipinski definition) is 0. The summed E-state index contributed by atoms with van der Waals surface area (Å²) in [6, 6.07) is 47.0. The topological polar surface area (TPSA) is 46.2 Å². The van der Waals surface area contributed by atoms with Crippen molar-refractivity contribution in [2.45, 2.75) is 103 Å². The molecule has 0 aliphatic carbocycles. The number of rotatable bonds is 21. The van der Waals surface area contributed by atoms with Crippen LogP contribution in [0.2, 0.25) is 0 Å². The smallest absolute Gasteiger partial charge is 0.117 e. The SMILES string of the molecule is C=CCOCCCCc1ccc(Cc2cc([C@@H]3O[C@H](CCC)[C@@H](OCc4ccccc4)[C@H](OCc4ccccc4)[C@H]3OCc3ccccc3)ccc2C)cc1. The molecule has 0 unspecified atom stereocenters. The van der Waals surface area contributed by atoms with Crippen LogP contribution in [0, 0.1) is 6.92 Å². The highest BCUT2D eigenvalue weighted by molar-refractivity contribution is 5.38. The average molecular weight is 739 g/mol. The summed E-state index contributed by atoms with van der Waals surface area (Å²) < 4.78 is 33.5. The molecule has 6 rings (SSSR count). The van der Waals surface area contributed by atoms with E-state index in [4.69, 9.17) is 23.7 Å². The van der Waals surface area contributed by atoms with Gasteiger partial charge in [-0.3, -0.25) is 0 Å². The van der Waals surface area contributed by atoms with E-state index in [9.17, 15) is 0 Å². The Hall–Kier alpha value is -4.36. The molecular formula is C50H58O5. The van der Waals surface area contributed by atoms with Gasteiger partial charge in [-0.2, -0.15) is 0 Å². The van der Waals surface area contributed by atoms with Crippen molar-refractivity contribution in [1.29, 1.82) is 0 Å². The predicted octanol–water partition coefficient (Wildman–Crippen LogP) is 11.1. The third kappa shape index (κ3) is 12.1. The van der Waals surface area contributed by atoms with Crippen LogP contribution in [0.25, 0.3) is 0 Å². The number of ether oxygens (including phenoxy) is 5. The monoisotopic (exact) mass is 738 g/mol. The molecule has 5 heteroatoms. The Morgan fingerprint density at radius 1 is 0.618 bits per heavy atom. The molecular weight excluding hydrogens is 681 g/mol. The molecule has 0 radical (unpaired) electrons. The fourth-order valence-corrected chi connectivity index (χ4v) is 7.38. The molecule has 5 aromatic rings. The van der Waals surface area contributed by atoms with Gasteiger partial charge >= 0.3 is 0 Å². The van der Waals surface area contributed by atoms with E-state index in [1.165, 1.54) is 22.3 Å². The number of aryl methyl sites for hydroxylation is 2. The minimum atomic E-state index is -0.421. The van der Waals surface area contributed by atoms with Gasteiger partial charge < -0.3 is 23.7 Å². The maximum atomic E-state index is 7.18. The molecule has 0 spiro atoms. The molecule has 1 fully saturated rings. The fourth-order valence-electron chi connectivity index (χ4n) is 7.38. The van der Waals surface area contributed by atoms with Gasteiger partial charge in [-0.15, -0.1) is 6.58 Å². The third-order valence-corrected chi connectivity index (χ3v) is 10.4. The molecule has 0 aromatic heterocycles. The number of benzene rings is 5. The molecule has 1 heterocycles. The van der Waals surface area contributed by atoms with Crippen LogP contribution in [0.1, 0.15) is 83.2 Å². The number of unbranched alkanes of at least 4 members (excludes halogenated alkanes) is 1. The van der Waals surface area contributed by atoms with Crippen LogP contribution in [0.5, 0.6) is 0 Å². The highest BCUT2D eigenvalue weighted by Gasteiger charge is 2.48. The summed E-state index contributed by atoms with van der Waals surface area (Å²) in [6.45, 7) is 10.9. The van der Waals surface area contributed by atoms with Gasteiger partial charge in [0.15, 0.2) is 0 Å². The van der Waals surface area contributed by atoms with Crippen molar-refractivity contribution in [3.8, 4) is 0 Å². The molecule has 1 saturated heterocycles. The van der Waals surface area contributed by atoms with E-state index in [1.807, 2.05) is 18.2 Å². The van der Waals surface area contributed by atoms with Crippen molar-refractivity contribution in [3.05, 3.63) is 191 Å². The van der Waals surface area contributed by atoms with Crippen LogP contribution in [0.3, 0.4) is 0 Å². The lowest BCUT2D eigenvalue weighted by atomic mass is 9.87. The minimum Gasteiger partial charge on any atom is -0.377 e. The summed E-state index contributed by atoms with van der Waals surface area (Å²) in [5.74, 6) is 0. The average Bonchev–Trinajstić information content (AvgIpc) is 3.23. The summed E-state index contributed by atoms with van der Waals surface area (Å²) in [4.78, 5) is 0. The highest BCUT2D eigenvalue weighted by atomic mass is 16.6. The molecule has 0 saturated carbocycles. The Bertz CT molecular complexity index is 1830. The predicted molar refractivity (Wildman–Crippen MR) is 222 cm³/mol. The van der Waals surface area contributed by atoms with Crippen LogP contribution in [0.15, 0.2) is 146 Å². The zero-order valence-corrected chi connectivity index (χ0v) is 32.7. The lowest BCUT2D eigenvalue weighted by Crippen LogP contribution is -2.57. The first-order valence-corrected chi connectivity index (χ1v) is 20.1. The first-order valence-electron chi connectivity index (χ1n) is 20.1. The van der Waals surface area contributed by atoms with Gasteiger partial charge in [0.2, 0.25) is 0 Å². The van der Waals surface area contributed by atoms with E-state index >= 15 is 0 Å². The third-order valence-electron chi connectivity index (χ3n) is 10.4. The van der Waals surface area contributed by atoms with E-state index in [1.54, 1.807) is 6.08 Å². The van der Waals surface area contributed by atoms with E-state index in [0.29, 0.717) is 26.4 Å². The second-order valence-corrected chi connectivity index (χ2v) is 14.7. The fraction of sp³-hybridized carbons (Fsp3) is 0.360. The number of hydrogen-bond acceptors (Lipinski definition) is 5. The largest absolute Gasteiger partial charge is 0.377 e. The summed E-state index contributed by atoms with van der Waals surface area (Å²) in [6.07, 6.45) is 6.00. The van der Waals surface area contributed by atoms with Crippen LogP contribution < -0.4 is 0 Å². The van der Waals surface area contributed by atoms with E-state index < -0.39 is 6.10 Å². The Kier molecular flexibility index (Phi) is 15.9. The second kappa shape index (κ2) is 21.7.